The lowest BCUT2D eigenvalue weighted by Gasteiger charge is -2.27. The molecule has 0 heterocycles. The van der Waals surface area contributed by atoms with Crippen molar-refractivity contribution in [3.8, 4) is 0 Å². The number of nitrogens with one attached hydrogen (secondary N) is 1. The van der Waals surface area contributed by atoms with E-state index in [2.05, 4.69) is 16.3 Å². The van der Waals surface area contributed by atoms with E-state index >= 15 is 0 Å². The molecule has 1 aromatic carbocycles. The van der Waals surface area contributed by atoms with E-state index in [-0.39, 0.29) is 5.82 Å². The third-order valence-corrected chi connectivity index (χ3v) is 4.33. The van der Waals surface area contributed by atoms with Gasteiger partial charge in [-0.1, -0.05) is 6.07 Å². The van der Waals surface area contributed by atoms with E-state index in [9.17, 15) is 4.39 Å². The smallest absolute Gasteiger partial charge is 0.129 e. The molecule has 0 aliphatic heterocycles. The molecule has 21 heavy (non-hydrogen) atoms. The maximum Gasteiger partial charge on any atom is 0.129 e. The third-order valence-electron chi connectivity index (χ3n) is 4.33. The number of hydrogen-bond donors (Lipinski definition) is 1. The Bertz CT molecular complexity index is 472. The molecule has 3 nitrogen and oxygen atoms in total. The van der Waals surface area contributed by atoms with Crippen LogP contribution in [0, 0.1) is 11.7 Å². The van der Waals surface area contributed by atoms with Crippen molar-refractivity contribution in [1.29, 1.82) is 0 Å². The molecule has 0 radical (unpaired) electrons. The number of halogens is 1. The van der Waals surface area contributed by atoms with Crippen molar-refractivity contribution in [2.45, 2.75) is 38.3 Å². The molecular weight excluding hydrogens is 267 g/mol. The van der Waals surface area contributed by atoms with Gasteiger partial charge >= 0.3 is 0 Å². The van der Waals surface area contributed by atoms with E-state index in [0.717, 1.165) is 30.3 Å². The van der Waals surface area contributed by atoms with Gasteiger partial charge in [-0.05, 0) is 43.7 Å². The monoisotopic (exact) mass is 292 g/mol. The molecule has 3 rings (SSSR count). The van der Waals surface area contributed by atoms with Crippen LogP contribution in [0.15, 0.2) is 18.2 Å². The Morgan fingerprint density at radius 1 is 1.29 bits per heavy atom. The highest BCUT2D eigenvalue weighted by Gasteiger charge is 2.35. The molecular formula is C17H25FN2O. The lowest BCUT2D eigenvalue weighted by Crippen LogP contribution is -2.30. The Morgan fingerprint density at radius 3 is 2.76 bits per heavy atom. The second-order valence-electron chi connectivity index (χ2n) is 6.23. The minimum absolute atomic E-state index is 0.0983. The van der Waals surface area contributed by atoms with Crippen LogP contribution < -0.4 is 10.2 Å². The first-order valence-electron chi connectivity index (χ1n) is 8.03. The topological polar surface area (TPSA) is 24.5 Å². The summed E-state index contributed by atoms with van der Waals surface area (Å²) in [5.41, 5.74) is 1.90. The fourth-order valence-electron chi connectivity index (χ4n) is 2.79. The molecule has 2 saturated carbocycles. The quantitative estimate of drug-likeness (QED) is 0.708. The van der Waals surface area contributed by atoms with Crippen LogP contribution >= 0.6 is 0 Å². The highest BCUT2D eigenvalue weighted by Crippen LogP contribution is 2.39. The number of anilines is 1. The standard InChI is InChI=1S/C17H25FN2O/c1-21-10-9-19-11-15-16(18)3-2-4-17(15)20(14-7-8-14)12-13-5-6-13/h2-4,13-14,19H,5-12H2,1H3. The van der Waals surface area contributed by atoms with Crippen LogP contribution in [0.2, 0.25) is 0 Å². The zero-order valence-electron chi connectivity index (χ0n) is 12.8. The fraction of sp³-hybridized carbons (Fsp3) is 0.647. The minimum Gasteiger partial charge on any atom is -0.383 e. The Morgan fingerprint density at radius 2 is 2.10 bits per heavy atom. The van der Waals surface area contributed by atoms with Crippen LogP contribution in [-0.4, -0.2) is 32.8 Å². The molecule has 1 aromatic rings. The molecule has 0 amide bonds. The molecule has 0 aromatic heterocycles. The number of hydrogen-bond acceptors (Lipinski definition) is 3. The first-order valence-corrected chi connectivity index (χ1v) is 8.03. The molecule has 0 bridgehead atoms. The van der Waals surface area contributed by atoms with Gasteiger partial charge in [-0.15, -0.1) is 0 Å². The Labute approximate surface area is 126 Å². The van der Waals surface area contributed by atoms with Crippen LogP contribution in [0.3, 0.4) is 0 Å². The van der Waals surface area contributed by atoms with Crippen molar-refractivity contribution < 1.29 is 9.13 Å². The van der Waals surface area contributed by atoms with Crippen molar-refractivity contribution in [2.75, 3.05) is 31.7 Å². The molecule has 0 spiro atoms. The Hall–Kier alpha value is -1.13. The fourth-order valence-corrected chi connectivity index (χ4v) is 2.79. The van der Waals surface area contributed by atoms with Crippen molar-refractivity contribution in [3.05, 3.63) is 29.6 Å². The number of methoxy groups -OCH3 is 1. The third kappa shape index (κ3) is 3.95. The average molecular weight is 292 g/mol. The molecule has 0 saturated heterocycles. The molecule has 116 valence electrons. The first kappa shape index (κ1) is 14.8. The van der Waals surface area contributed by atoms with Gasteiger partial charge in [0, 0.05) is 44.0 Å². The van der Waals surface area contributed by atoms with Gasteiger partial charge in [0.05, 0.1) is 6.61 Å². The highest BCUT2D eigenvalue weighted by molar-refractivity contribution is 5.56. The van der Waals surface area contributed by atoms with E-state index < -0.39 is 0 Å². The van der Waals surface area contributed by atoms with Crippen molar-refractivity contribution in [3.63, 3.8) is 0 Å². The normalized spacial score (nSPS) is 18.0. The van der Waals surface area contributed by atoms with Crippen molar-refractivity contribution in [1.82, 2.24) is 5.32 Å². The molecule has 0 unspecified atom stereocenters. The molecule has 0 atom stereocenters. The number of rotatable bonds is 9. The zero-order chi connectivity index (χ0) is 14.7. The van der Waals surface area contributed by atoms with E-state index in [1.165, 1.54) is 25.7 Å². The van der Waals surface area contributed by atoms with Gasteiger partial charge in [0.2, 0.25) is 0 Å². The average Bonchev–Trinajstić information content (AvgIpc) is 3.36. The van der Waals surface area contributed by atoms with Crippen molar-refractivity contribution >= 4 is 5.69 Å². The first-order chi connectivity index (χ1) is 10.3. The van der Waals surface area contributed by atoms with Gasteiger partial charge in [0.1, 0.15) is 5.82 Å². The summed E-state index contributed by atoms with van der Waals surface area (Å²) in [6.07, 6.45) is 5.17. The van der Waals surface area contributed by atoms with Crippen LogP contribution in [0.1, 0.15) is 31.2 Å². The molecule has 4 heteroatoms. The molecule has 2 fully saturated rings. The van der Waals surface area contributed by atoms with Gasteiger partial charge in [-0.2, -0.15) is 0 Å². The van der Waals surface area contributed by atoms with E-state index in [4.69, 9.17) is 4.74 Å². The largest absolute Gasteiger partial charge is 0.383 e. The Balaban J connectivity index is 1.73. The summed E-state index contributed by atoms with van der Waals surface area (Å²) in [5, 5.41) is 3.28. The summed E-state index contributed by atoms with van der Waals surface area (Å²) in [5.74, 6) is 0.724. The lowest BCUT2D eigenvalue weighted by atomic mass is 10.1. The number of ether oxygens (including phenoxy) is 1. The van der Waals surface area contributed by atoms with E-state index in [1.807, 2.05) is 6.07 Å². The van der Waals surface area contributed by atoms with Gasteiger partial charge < -0.3 is 15.0 Å². The summed E-state index contributed by atoms with van der Waals surface area (Å²) in [4.78, 5) is 2.45. The van der Waals surface area contributed by atoms with E-state index in [1.54, 1.807) is 13.2 Å². The lowest BCUT2D eigenvalue weighted by molar-refractivity contribution is 0.199. The molecule has 1 N–H and O–H groups in total. The maximum atomic E-state index is 14.3. The summed E-state index contributed by atoms with van der Waals surface area (Å²) in [7, 11) is 1.68. The second-order valence-corrected chi connectivity index (χ2v) is 6.23. The summed E-state index contributed by atoms with van der Waals surface area (Å²) >= 11 is 0. The number of nitrogens with zero attached hydrogens (tertiary/aromatic N) is 1. The van der Waals surface area contributed by atoms with Gasteiger partial charge in [0.25, 0.3) is 0 Å². The van der Waals surface area contributed by atoms with Crippen molar-refractivity contribution in [2.24, 2.45) is 5.92 Å². The van der Waals surface area contributed by atoms with Crippen LogP contribution in [-0.2, 0) is 11.3 Å². The molecule has 2 aliphatic rings. The van der Waals surface area contributed by atoms with Crippen LogP contribution in [0.25, 0.3) is 0 Å². The van der Waals surface area contributed by atoms with Gasteiger partial charge in [-0.25, -0.2) is 4.39 Å². The SMILES string of the molecule is COCCNCc1c(F)cccc1N(CC1CC1)C1CC1. The second kappa shape index (κ2) is 6.75. The zero-order valence-corrected chi connectivity index (χ0v) is 12.8. The summed E-state index contributed by atoms with van der Waals surface area (Å²) < 4.78 is 19.3. The maximum absolute atomic E-state index is 14.3. The number of benzene rings is 1. The summed E-state index contributed by atoms with van der Waals surface area (Å²) in [6.45, 7) is 3.06. The van der Waals surface area contributed by atoms with Gasteiger partial charge in [0.15, 0.2) is 0 Å². The predicted octanol–water partition coefficient (Wildman–Crippen LogP) is 2.94. The van der Waals surface area contributed by atoms with Crippen LogP contribution in [0.5, 0.6) is 0 Å². The highest BCUT2D eigenvalue weighted by atomic mass is 19.1. The van der Waals surface area contributed by atoms with Crippen LogP contribution in [0.4, 0.5) is 10.1 Å². The van der Waals surface area contributed by atoms with Gasteiger partial charge in [-0.3, -0.25) is 0 Å². The molecule has 2 aliphatic carbocycles. The predicted molar refractivity (Wildman–Crippen MR) is 83.1 cm³/mol. The minimum atomic E-state index is -0.0983. The van der Waals surface area contributed by atoms with E-state index in [0.29, 0.717) is 19.2 Å². The summed E-state index contributed by atoms with van der Waals surface area (Å²) in [6, 6.07) is 6.12. The Kier molecular flexibility index (Phi) is 4.76.